The van der Waals surface area contributed by atoms with Crippen LogP contribution in [0.2, 0.25) is 0 Å². The molecule has 4 heteroatoms. The lowest BCUT2D eigenvalue weighted by atomic mass is 10.1. The highest BCUT2D eigenvalue weighted by Gasteiger charge is 2.09. The van der Waals surface area contributed by atoms with E-state index in [4.69, 9.17) is 4.74 Å². The zero-order valence-corrected chi connectivity index (χ0v) is 12.5. The van der Waals surface area contributed by atoms with E-state index in [1.54, 1.807) is 0 Å². The molecule has 0 saturated heterocycles. The lowest BCUT2D eigenvalue weighted by Gasteiger charge is -2.19. The minimum Gasteiger partial charge on any atom is -0.437 e. The SMILES string of the molecule is Cc1ccccc1Oc1ccc(CNC(C)(C)C)nn1. The van der Waals surface area contributed by atoms with Gasteiger partial charge in [0, 0.05) is 18.2 Å². The molecule has 1 aromatic carbocycles. The Labute approximate surface area is 120 Å². The third kappa shape index (κ3) is 4.31. The summed E-state index contributed by atoms with van der Waals surface area (Å²) in [5.41, 5.74) is 2.04. The number of aromatic nitrogens is 2. The first-order valence-electron chi connectivity index (χ1n) is 6.75. The van der Waals surface area contributed by atoms with E-state index in [1.807, 2.05) is 43.3 Å². The van der Waals surface area contributed by atoms with Crippen LogP contribution in [0.4, 0.5) is 0 Å². The summed E-state index contributed by atoms with van der Waals surface area (Å²) >= 11 is 0. The van der Waals surface area contributed by atoms with Crippen molar-refractivity contribution in [3.63, 3.8) is 0 Å². The van der Waals surface area contributed by atoms with Gasteiger partial charge in [0.2, 0.25) is 5.88 Å². The molecule has 0 aliphatic heterocycles. The Morgan fingerprint density at radius 2 is 1.80 bits per heavy atom. The van der Waals surface area contributed by atoms with Gasteiger partial charge in [-0.05, 0) is 45.4 Å². The maximum absolute atomic E-state index is 5.72. The summed E-state index contributed by atoms with van der Waals surface area (Å²) < 4.78 is 5.72. The van der Waals surface area contributed by atoms with Gasteiger partial charge >= 0.3 is 0 Å². The fourth-order valence-electron chi connectivity index (χ4n) is 1.64. The molecule has 1 heterocycles. The smallest absolute Gasteiger partial charge is 0.238 e. The number of ether oxygens (including phenoxy) is 1. The van der Waals surface area contributed by atoms with Crippen LogP contribution in [0.25, 0.3) is 0 Å². The Hall–Kier alpha value is -1.94. The highest BCUT2D eigenvalue weighted by molar-refractivity contribution is 5.34. The number of para-hydroxylation sites is 1. The number of hydrogen-bond acceptors (Lipinski definition) is 4. The van der Waals surface area contributed by atoms with Crippen molar-refractivity contribution in [2.75, 3.05) is 0 Å². The molecule has 0 radical (unpaired) electrons. The summed E-state index contributed by atoms with van der Waals surface area (Å²) in [5.74, 6) is 1.32. The monoisotopic (exact) mass is 271 g/mol. The summed E-state index contributed by atoms with van der Waals surface area (Å²) in [5, 5.41) is 11.6. The Kier molecular flexibility index (Phi) is 4.35. The van der Waals surface area contributed by atoms with Crippen molar-refractivity contribution in [3.05, 3.63) is 47.7 Å². The predicted molar refractivity (Wildman–Crippen MR) is 79.9 cm³/mol. The highest BCUT2D eigenvalue weighted by Crippen LogP contribution is 2.22. The number of nitrogens with one attached hydrogen (secondary N) is 1. The van der Waals surface area contributed by atoms with Crippen LogP contribution in [0.3, 0.4) is 0 Å². The molecule has 1 N–H and O–H groups in total. The van der Waals surface area contributed by atoms with E-state index in [0.29, 0.717) is 12.4 Å². The molecule has 0 saturated carbocycles. The normalized spacial score (nSPS) is 11.4. The predicted octanol–water partition coefficient (Wildman–Crippen LogP) is 3.47. The van der Waals surface area contributed by atoms with Crippen LogP contribution in [0.5, 0.6) is 11.6 Å². The van der Waals surface area contributed by atoms with Crippen molar-refractivity contribution in [2.24, 2.45) is 0 Å². The standard InChI is InChI=1S/C16H21N3O/c1-12-7-5-6-8-14(12)20-15-10-9-13(18-19-15)11-17-16(2,3)4/h5-10,17H,11H2,1-4H3. The molecular weight excluding hydrogens is 250 g/mol. The Morgan fingerprint density at radius 1 is 1.05 bits per heavy atom. The summed E-state index contributed by atoms with van der Waals surface area (Å²) in [6, 6.07) is 11.6. The maximum Gasteiger partial charge on any atom is 0.238 e. The summed E-state index contributed by atoms with van der Waals surface area (Å²) in [7, 11) is 0. The number of benzene rings is 1. The quantitative estimate of drug-likeness (QED) is 0.925. The molecule has 0 fully saturated rings. The number of rotatable bonds is 4. The molecule has 0 aliphatic rings. The average molecular weight is 271 g/mol. The second-order valence-corrected chi connectivity index (χ2v) is 5.83. The topological polar surface area (TPSA) is 47.0 Å². The van der Waals surface area contributed by atoms with Gasteiger partial charge in [-0.25, -0.2) is 0 Å². The molecule has 2 rings (SSSR count). The first-order valence-corrected chi connectivity index (χ1v) is 6.75. The highest BCUT2D eigenvalue weighted by atomic mass is 16.5. The van der Waals surface area contributed by atoms with Crippen LogP contribution < -0.4 is 10.1 Å². The van der Waals surface area contributed by atoms with Gasteiger partial charge in [0.25, 0.3) is 0 Å². The van der Waals surface area contributed by atoms with Crippen LogP contribution in [0, 0.1) is 6.92 Å². The van der Waals surface area contributed by atoms with E-state index >= 15 is 0 Å². The molecule has 106 valence electrons. The van der Waals surface area contributed by atoms with E-state index in [-0.39, 0.29) is 5.54 Å². The fraction of sp³-hybridized carbons (Fsp3) is 0.375. The number of aryl methyl sites for hydroxylation is 1. The number of nitrogens with zero attached hydrogens (tertiary/aromatic N) is 2. The van der Waals surface area contributed by atoms with Gasteiger partial charge in [-0.2, -0.15) is 5.10 Å². The lowest BCUT2D eigenvalue weighted by molar-refractivity contribution is 0.416. The fourth-order valence-corrected chi connectivity index (χ4v) is 1.64. The molecular formula is C16H21N3O. The van der Waals surface area contributed by atoms with Crippen molar-refractivity contribution in [3.8, 4) is 11.6 Å². The second-order valence-electron chi connectivity index (χ2n) is 5.83. The van der Waals surface area contributed by atoms with E-state index in [9.17, 15) is 0 Å². The van der Waals surface area contributed by atoms with Crippen LogP contribution in [0.15, 0.2) is 36.4 Å². The van der Waals surface area contributed by atoms with Crippen LogP contribution in [0.1, 0.15) is 32.0 Å². The van der Waals surface area contributed by atoms with Crippen molar-refractivity contribution in [1.82, 2.24) is 15.5 Å². The zero-order valence-electron chi connectivity index (χ0n) is 12.5. The van der Waals surface area contributed by atoms with Crippen molar-refractivity contribution in [1.29, 1.82) is 0 Å². The van der Waals surface area contributed by atoms with Gasteiger partial charge in [-0.3, -0.25) is 0 Å². The molecule has 20 heavy (non-hydrogen) atoms. The van der Waals surface area contributed by atoms with Gasteiger partial charge in [0.05, 0.1) is 5.69 Å². The van der Waals surface area contributed by atoms with E-state index in [1.165, 1.54) is 0 Å². The molecule has 0 spiro atoms. The molecule has 0 atom stereocenters. The molecule has 1 aromatic heterocycles. The summed E-state index contributed by atoms with van der Waals surface area (Å²) in [6.07, 6.45) is 0. The van der Waals surface area contributed by atoms with Gasteiger partial charge in [0.1, 0.15) is 5.75 Å². The van der Waals surface area contributed by atoms with Crippen LogP contribution >= 0.6 is 0 Å². The van der Waals surface area contributed by atoms with Gasteiger partial charge < -0.3 is 10.1 Å². The maximum atomic E-state index is 5.72. The molecule has 0 unspecified atom stereocenters. The molecule has 0 bridgehead atoms. The minimum atomic E-state index is 0.0675. The van der Waals surface area contributed by atoms with E-state index in [2.05, 4.69) is 36.3 Å². The summed E-state index contributed by atoms with van der Waals surface area (Å²) in [6.45, 7) is 9.06. The van der Waals surface area contributed by atoms with Crippen molar-refractivity contribution < 1.29 is 4.74 Å². The molecule has 2 aromatic rings. The first-order chi connectivity index (χ1) is 9.44. The lowest BCUT2D eigenvalue weighted by Crippen LogP contribution is -2.35. The number of hydrogen-bond donors (Lipinski definition) is 1. The van der Waals surface area contributed by atoms with Crippen molar-refractivity contribution >= 4 is 0 Å². The zero-order chi connectivity index (χ0) is 14.6. The second kappa shape index (κ2) is 6.01. The Balaban J connectivity index is 2.00. The van der Waals surface area contributed by atoms with Gasteiger partial charge in [-0.1, -0.05) is 18.2 Å². The van der Waals surface area contributed by atoms with Gasteiger partial charge in [-0.15, -0.1) is 5.10 Å². The average Bonchev–Trinajstić information content (AvgIpc) is 2.40. The minimum absolute atomic E-state index is 0.0675. The van der Waals surface area contributed by atoms with Gasteiger partial charge in [0.15, 0.2) is 0 Å². The van der Waals surface area contributed by atoms with Crippen LogP contribution in [-0.2, 0) is 6.54 Å². The van der Waals surface area contributed by atoms with Crippen LogP contribution in [-0.4, -0.2) is 15.7 Å². The molecule has 0 aliphatic carbocycles. The summed E-state index contributed by atoms with van der Waals surface area (Å²) in [4.78, 5) is 0. The Bertz CT molecular complexity index is 559. The molecule has 4 nitrogen and oxygen atoms in total. The third-order valence-electron chi connectivity index (χ3n) is 2.80. The first kappa shape index (κ1) is 14.5. The molecule has 0 amide bonds. The largest absolute Gasteiger partial charge is 0.437 e. The third-order valence-corrected chi connectivity index (χ3v) is 2.80. The Morgan fingerprint density at radius 3 is 2.40 bits per heavy atom. The van der Waals surface area contributed by atoms with E-state index in [0.717, 1.165) is 17.0 Å². The van der Waals surface area contributed by atoms with Crippen molar-refractivity contribution in [2.45, 2.75) is 39.8 Å². The van der Waals surface area contributed by atoms with E-state index < -0.39 is 0 Å².